The fraction of sp³-hybridized carbons (Fsp3) is 0.611. The van der Waals surface area contributed by atoms with Crippen LogP contribution in [0.1, 0.15) is 43.4 Å². The molecule has 2 aliphatic rings. The molecular weight excluding hydrogens is 276 g/mol. The smallest absolute Gasteiger partial charge is 0.317 e. The number of hydrogen-bond acceptors (Lipinski definition) is 2. The van der Waals surface area contributed by atoms with Gasteiger partial charge in [0.1, 0.15) is 0 Å². The number of likely N-dealkylation sites (tertiary alicyclic amines) is 1. The lowest BCUT2D eigenvalue weighted by molar-refractivity contribution is 0.125. The summed E-state index contributed by atoms with van der Waals surface area (Å²) in [4.78, 5) is 14.5. The number of benzene rings is 1. The molecule has 1 aromatic carbocycles. The van der Waals surface area contributed by atoms with Crippen molar-refractivity contribution in [2.24, 2.45) is 11.8 Å². The van der Waals surface area contributed by atoms with Gasteiger partial charge in [-0.1, -0.05) is 31.2 Å². The molecule has 1 heterocycles. The van der Waals surface area contributed by atoms with Crippen molar-refractivity contribution in [3.8, 4) is 0 Å². The zero-order chi connectivity index (χ0) is 15.5. The van der Waals surface area contributed by atoms with Crippen LogP contribution in [0.3, 0.4) is 0 Å². The van der Waals surface area contributed by atoms with Gasteiger partial charge in [-0.15, -0.1) is 0 Å². The molecule has 3 rings (SSSR count). The van der Waals surface area contributed by atoms with Gasteiger partial charge in [-0.05, 0) is 48.6 Å². The molecule has 0 radical (unpaired) electrons. The number of piperidine rings is 1. The van der Waals surface area contributed by atoms with Crippen molar-refractivity contribution < 1.29 is 9.90 Å². The first-order valence-corrected chi connectivity index (χ1v) is 8.43. The van der Waals surface area contributed by atoms with Crippen LogP contribution in [0.15, 0.2) is 24.3 Å². The summed E-state index contributed by atoms with van der Waals surface area (Å²) in [5.74, 6) is 0.688. The second-order valence-corrected chi connectivity index (χ2v) is 6.78. The van der Waals surface area contributed by atoms with E-state index >= 15 is 0 Å². The van der Waals surface area contributed by atoms with Gasteiger partial charge in [0.05, 0.1) is 6.04 Å². The summed E-state index contributed by atoms with van der Waals surface area (Å²) in [6, 6.07) is 8.56. The van der Waals surface area contributed by atoms with Gasteiger partial charge < -0.3 is 15.3 Å². The second-order valence-electron chi connectivity index (χ2n) is 6.78. The van der Waals surface area contributed by atoms with Crippen molar-refractivity contribution >= 4 is 6.03 Å². The highest BCUT2D eigenvalue weighted by atomic mass is 16.3. The minimum absolute atomic E-state index is 0.0201. The largest absolute Gasteiger partial charge is 0.396 e. The van der Waals surface area contributed by atoms with Crippen molar-refractivity contribution in [2.75, 3.05) is 19.7 Å². The van der Waals surface area contributed by atoms with Crippen LogP contribution in [0.2, 0.25) is 0 Å². The van der Waals surface area contributed by atoms with Gasteiger partial charge in [0, 0.05) is 19.7 Å². The molecule has 22 heavy (non-hydrogen) atoms. The first kappa shape index (κ1) is 15.3. The van der Waals surface area contributed by atoms with Gasteiger partial charge >= 0.3 is 6.03 Å². The summed E-state index contributed by atoms with van der Waals surface area (Å²) >= 11 is 0. The lowest BCUT2D eigenvalue weighted by Gasteiger charge is -2.36. The van der Waals surface area contributed by atoms with Gasteiger partial charge in [0.25, 0.3) is 0 Å². The van der Waals surface area contributed by atoms with Crippen LogP contribution >= 0.6 is 0 Å². The summed E-state index contributed by atoms with van der Waals surface area (Å²) in [5, 5.41) is 12.6. The highest BCUT2D eigenvalue weighted by molar-refractivity contribution is 5.75. The van der Waals surface area contributed by atoms with Gasteiger partial charge in [-0.3, -0.25) is 0 Å². The van der Waals surface area contributed by atoms with Gasteiger partial charge in [0.2, 0.25) is 0 Å². The Morgan fingerprint density at radius 2 is 2.18 bits per heavy atom. The standard InChI is InChI=1S/C18H26N2O2/c1-13-8-9-15-6-2-3-7-16(15)17(13)19-18(22)20-10-4-5-14(11-20)12-21/h2-3,6-7,13-14,17,21H,4-5,8-12H2,1H3,(H,19,22). The molecule has 0 saturated carbocycles. The maximum Gasteiger partial charge on any atom is 0.317 e. The van der Waals surface area contributed by atoms with Crippen molar-refractivity contribution in [1.29, 1.82) is 0 Å². The number of hydrogen-bond donors (Lipinski definition) is 2. The van der Waals surface area contributed by atoms with Gasteiger partial charge in [0.15, 0.2) is 0 Å². The zero-order valence-corrected chi connectivity index (χ0v) is 13.3. The molecule has 3 unspecified atom stereocenters. The van der Waals surface area contributed by atoms with Crippen molar-refractivity contribution in [3.05, 3.63) is 35.4 Å². The molecular formula is C18H26N2O2. The minimum atomic E-state index is 0.0201. The highest BCUT2D eigenvalue weighted by Gasteiger charge is 2.30. The third kappa shape index (κ3) is 3.12. The summed E-state index contributed by atoms with van der Waals surface area (Å²) in [6.45, 7) is 3.86. The third-order valence-electron chi connectivity index (χ3n) is 5.17. The van der Waals surface area contributed by atoms with E-state index in [0.717, 1.165) is 32.2 Å². The Bertz CT molecular complexity index is 532. The first-order valence-electron chi connectivity index (χ1n) is 8.43. The molecule has 0 bridgehead atoms. The van der Waals surface area contributed by atoms with Crippen LogP contribution in [0.25, 0.3) is 0 Å². The van der Waals surface area contributed by atoms with E-state index in [9.17, 15) is 9.90 Å². The molecule has 1 aliphatic heterocycles. The number of aliphatic hydroxyl groups is 1. The number of rotatable bonds is 2. The molecule has 1 fully saturated rings. The molecule has 1 aliphatic carbocycles. The molecule has 4 heteroatoms. The van der Waals surface area contributed by atoms with Gasteiger partial charge in [-0.25, -0.2) is 4.79 Å². The van der Waals surface area contributed by atoms with Crippen LogP contribution in [0, 0.1) is 11.8 Å². The van der Waals surface area contributed by atoms with Crippen LogP contribution in [0.4, 0.5) is 4.79 Å². The molecule has 0 aromatic heterocycles. The Hall–Kier alpha value is -1.55. The molecule has 1 saturated heterocycles. The average molecular weight is 302 g/mol. The number of aliphatic hydroxyl groups excluding tert-OH is 1. The fourth-order valence-corrected chi connectivity index (χ4v) is 3.76. The van der Waals surface area contributed by atoms with Crippen molar-refractivity contribution in [2.45, 2.75) is 38.6 Å². The van der Waals surface area contributed by atoms with Crippen LogP contribution in [0.5, 0.6) is 0 Å². The Morgan fingerprint density at radius 3 is 3.00 bits per heavy atom. The van der Waals surface area contributed by atoms with E-state index in [1.54, 1.807) is 0 Å². The predicted molar refractivity (Wildman–Crippen MR) is 86.6 cm³/mol. The summed E-state index contributed by atoms with van der Waals surface area (Å²) < 4.78 is 0. The number of carbonyl (C=O) groups excluding carboxylic acids is 1. The monoisotopic (exact) mass is 302 g/mol. The molecule has 3 atom stereocenters. The number of amides is 2. The van der Waals surface area contributed by atoms with Crippen molar-refractivity contribution in [1.82, 2.24) is 10.2 Å². The number of carbonyl (C=O) groups is 1. The normalized spacial score (nSPS) is 28.1. The number of nitrogens with zero attached hydrogens (tertiary/aromatic N) is 1. The summed E-state index contributed by atoms with van der Waals surface area (Å²) in [7, 11) is 0. The fourth-order valence-electron chi connectivity index (χ4n) is 3.76. The molecule has 2 N–H and O–H groups in total. The Balaban J connectivity index is 1.71. The van der Waals surface area contributed by atoms with E-state index in [-0.39, 0.29) is 24.6 Å². The average Bonchev–Trinajstić information content (AvgIpc) is 2.57. The lowest BCUT2D eigenvalue weighted by Crippen LogP contribution is -2.48. The molecule has 4 nitrogen and oxygen atoms in total. The molecule has 2 amide bonds. The summed E-state index contributed by atoms with van der Waals surface area (Å²) in [5.41, 5.74) is 2.63. The van der Waals surface area contributed by atoms with Gasteiger partial charge in [-0.2, -0.15) is 0 Å². The second kappa shape index (κ2) is 6.69. The van der Waals surface area contributed by atoms with Crippen LogP contribution in [-0.4, -0.2) is 35.7 Å². The highest BCUT2D eigenvalue weighted by Crippen LogP contribution is 2.34. The molecule has 120 valence electrons. The van der Waals surface area contributed by atoms with E-state index in [4.69, 9.17) is 0 Å². The van der Waals surface area contributed by atoms with Crippen LogP contribution < -0.4 is 5.32 Å². The van der Waals surface area contributed by atoms with E-state index in [0.29, 0.717) is 12.5 Å². The number of aryl methyl sites for hydroxylation is 1. The first-order chi connectivity index (χ1) is 10.7. The molecule has 0 spiro atoms. The van der Waals surface area contributed by atoms with Crippen LogP contribution in [-0.2, 0) is 6.42 Å². The number of nitrogens with one attached hydrogen (secondary N) is 1. The van der Waals surface area contributed by atoms with E-state index in [2.05, 4.69) is 36.5 Å². The maximum absolute atomic E-state index is 12.6. The number of fused-ring (bicyclic) bond motifs is 1. The lowest BCUT2D eigenvalue weighted by atomic mass is 9.81. The Kier molecular flexibility index (Phi) is 4.67. The SMILES string of the molecule is CC1CCc2ccccc2C1NC(=O)N1CCCC(CO)C1. The van der Waals surface area contributed by atoms with Crippen molar-refractivity contribution in [3.63, 3.8) is 0 Å². The maximum atomic E-state index is 12.6. The minimum Gasteiger partial charge on any atom is -0.396 e. The van der Waals surface area contributed by atoms with E-state index in [1.807, 2.05) is 4.90 Å². The Morgan fingerprint density at radius 1 is 1.36 bits per heavy atom. The summed E-state index contributed by atoms with van der Waals surface area (Å²) in [6.07, 6.45) is 4.21. The Labute approximate surface area is 132 Å². The van der Waals surface area contributed by atoms with E-state index < -0.39 is 0 Å². The topological polar surface area (TPSA) is 52.6 Å². The third-order valence-corrected chi connectivity index (χ3v) is 5.17. The zero-order valence-electron chi connectivity index (χ0n) is 13.3. The number of urea groups is 1. The quantitative estimate of drug-likeness (QED) is 0.882. The van der Waals surface area contributed by atoms with E-state index in [1.165, 1.54) is 11.1 Å². The molecule has 1 aromatic rings. The predicted octanol–water partition coefficient (Wildman–Crippen LogP) is 2.72.